The number of amides is 1. The highest BCUT2D eigenvalue weighted by molar-refractivity contribution is 6.35. The van der Waals surface area contributed by atoms with Crippen LogP contribution in [-0.4, -0.2) is 39.3 Å². The number of Topliss-reactive ketones (excluding diaryl/α,β-unsaturated/α-hetero) is 1. The highest BCUT2D eigenvalue weighted by atomic mass is 35.5. The number of rotatable bonds is 8. The smallest absolute Gasteiger partial charge is 0.225 e. The number of aryl methyl sites for hydroxylation is 1. The van der Waals surface area contributed by atoms with E-state index in [1.54, 1.807) is 34.9 Å². The fraction of sp³-hybridized carbons (Fsp3) is 0.444. The molecule has 4 rings (SSSR count). The Kier molecular flexibility index (Phi) is 8.02. The van der Waals surface area contributed by atoms with Crippen LogP contribution in [0.1, 0.15) is 49.4 Å². The first-order chi connectivity index (χ1) is 16.8. The van der Waals surface area contributed by atoms with Crippen LogP contribution < -0.4 is 5.62 Å². The minimum absolute atomic E-state index is 0.0300. The van der Waals surface area contributed by atoms with Gasteiger partial charge in [-0.3, -0.25) is 15.0 Å². The van der Waals surface area contributed by atoms with Gasteiger partial charge in [-0.2, -0.15) is 0 Å². The number of aromatic nitrogens is 2. The van der Waals surface area contributed by atoms with Crippen LogP contribution in [0.4, 0.5) is 0 Å². The zero-order valence-electron chi connectivity index (χ0n) is 20.3. The van der Waals surface area contributed by atoms with E-state index in [0.717, 1.165) is 30.3 Å². The second-order valence-corrected chi connectivity index (χ2v) is 10.4. The molecule has 2 aromatic carbocycles. The van der Waals surface area contributed by atoms with Crippen LogP contribution in [0.15, 0.2) is 42.5 Å². The van der Waals surface area contributed by atoms with Gasteiger partial charge in [0.1, 0.15) is 0 Å². The van der Waals surface area contributed by atoms with Crippen LogP contribution in [0.3, 0.4) is 0 Å². The maximum Gasteiger partial charge on any atom is 0.225 e. The Morgan fingerprint density at radius 2 is 1.77 bits per heavy atom. The third-order valence-electron chi connectivity index (χ3n) is 7.19. The van der Waals surface area contributed by atoms with E-state index in [4.69, 9.17) is 28.6 Å². The van der Waals surface area contributed by atoms with Gasteiger partial charge in [0.05, 0.1) is 22.6 Å². The molecule has 2 atom stereocenters. The lowest BCUT2D eigenvalue weighted by molar-refractivity contribution is -0.137. The van der Waals surface area contributed by atoms with Gasteiger partial charge in [-0.15, -0.1) is 0 Å². The summed E-state index contributed by atoms with van der Waals surface area (Å²) >= 11 is 12.5. The van der Waals surface area contributed by atoms with Crippen LogP contribution in [0.2, 0.25) is 10.0 Å². The number of carbonyl (C=O) groups excluding carboxylic acids is 2. The van der Waals surface area contributed by atoms with Crippen molar-refractivity contribution in [3.8, 4) is 0 Å². The predicted octanol–water partition coefficient (Wildman–Crippen LogP) is 5.79. The number of hydrogen-bond donors (Lipinski definition) is 1. The molecule has 0 saturated heterocycles. The first kappa shape index (κ1) is 25.5. The maximum absolute atomic E-state index is 13.0. The molecule has 1 heterocycles. The second-order valence-electron chi connectivity index (χ2n) is 9.58. The quantitative estimate of drug-likeness (QED) is 0.386. The molecule has 1 aliphatic carbocycles. The lowest BCUT2D eigenvalue weighted by atomic mass is 9.79. The number of imidazole rings is 1. The van der Waals surface area contributed by atoms with Gasteiger partial charge >= 0.3 is 0 Å². The summed E-state index contributed by atoms with van der Waals surface area (Å²) in [5, 5.41) is 9.94. The minimum atomic E-state index is -0.105. The van der Waals surface area contributed by atoms with Gasteiger partial charge in [0.15, 0.2) is 5.78 Å². The summed E-state index contributed by atoms with van der Waals surface area (Å²) in [5.74, 6) is 0.666. The number of benzene rings is 2. The normalized spacial score (nSPS) is 18.1. The summed E-state index contributed by atoms with van der Waals surface area (Å²) in [6.45, 7) is 3.34. The molecule has 6 nitrogen and oxygen atoms in total. The Morgan fingerprint density at radius 3 is 2.49 bits per heavy atom. The van der Waals surface area contributed by atoms with Crippen LogP contribution >= 0.6 is 23.2 Å². The van der Waals surface area contributed by atoms with Crippen molar-refractivity contribution in [1.82, 2.24) is 14.0 Å². The average molecular weight is 515 g/mol. The van der Waals surface area contributed by atoms with Crippen molar-refractivity contribution in [2.75, 3.05) is 13.6 Å². The topological polar surface area (TPSA) is 71.1 Å². The fourth-order valence-electron chi connectivity index (χ4n) is 5.15. The molecule has 8 heteroatoms. The molecule has 3 aromatic rings. The minimum Gasteiger partial charge on any atom is -0.345 e. The van der Waals surface area contributed by atoms with Crippen molar-refractivity contribution < 1.29 is 9.59 Å². The molecule has 186 valence electrons. The van der Waals surface area contributed by atoms with Gasteiger partial charge in [-0.1, -0.05) is 49.0 Å². The Bertz CT molecular complexity index is 1280. The largest absolute Gasteiger partial charge is 0.345 e. The first-order valence-corrected chi connectivity index (χ1v) is 13.0. The Hall–Kier alpha value is -2.57. The van der Waals surface area contributed by atoms with E-state index in [1.807, 2.05) is 28.6 Å². The molecular weight excluding hydrogens is 483 g/mol. The fourth-order valence-corrected chi connectivity index (χ4v) is 5.54. The molecule has 0 aliphatic heterocycles. The van der Waals surface area contributed by atoms with E-state index >= 15 is 0 Å². The molecule has 1 aliphatic rings. The van der Waals surface area contributed by atoms with Gasteiger partial charge < -0.3 is 14.0 Å². The second kappa shape index (κ2) is 11.0. The number of hydrogen-bond acceptors (Lipinski definition) is 3. The number of halogens is 2. The number of fused-ring (bicyclic) bond motifs is 1. The highest BCUT2D eigenvalue weighted by Crippen LogP contribution is 2.31. The van der Waals surface area contributed by atoms with Crippen molar-refractivity contribution >= 4 is 45.9 Å². The Morgan fingerprint density at radius 1 is 1.06 bits per heavy atom. The van der Waals surface area contributed by atoms with Crippen molar-refractivity contribution in [2.24, 2.45) is 11.8 Å². The Labute approximate surface area is 215 Å². The van der Waals surface area contributed by atoms with E-state index < -0.39 is 0 Å². The molecule has 1 aromatic heterocycles. The first-order valence-electron chi connectivity index (χ1n) is 12.2. The van der Waals surface area contributed by atoms with Gasteiger partial charge in [0.2, 0.25) is 11.5 Å². The summed E-state index contributed by atoms with van der Waals surface area (Å²) in [6, 6.07) is 12.3. The molecule has 0 spiro atoms. The average Bonchev–Trinajstić information content (AvgIpc) is 3.11. The van der Waals surface area contributed by atoms with Crippen molar-refractivity contribution in [2.45, 2.75) is 52.1 Å². The third-order valence-corrected chi connectivity index (χ3v) is 7.74. The van der Waals surface area contributed by atoms with E-state index in [-0.39, 0.29) is 29.8 Å². The summed E-state index contributed by atoms with van der Waals surface area (Å²) in [7, 11) is 1.87. The van der Waals surface area contributed by atoms with Gasteiger partial charge in [0, 0.05) is 36.6 Å². The lowest BCUT2D eigenvalue weighted by Gasteiger charge is -2.31. The van der Waals surface area contributed by atoms with Gasteiger partial charge in [-0.05, 0) is 61.6 Å². The zero-order chi connectivity index (χ0) is 25.1. The third kappa shape index (κ3) is 5.49. The van der Waals surface area contributed by atoms with E-state index in [0.29, 0.717) is 41.0 Å². The molecule has 1 fully saturated rings. The molecule has 35 heavy (non-hydrogen) atoms. The number of nitrogens with zero attached hydrogens (tertiary/aromatic N) is 3. The van der Waals surface area contributed by atoms with E-state index in [9.17, 15) is 9.59 Å². The monoisotopic (exact) mass is 514 g/mol. The highest BCUT2D eigenvalue weighted by Gasteiger charge is 2.29. The summed E-state index contributed by atoms with van der Waals surface area (Å²) in [6.07, 6.45) is 5.12. The summed E-state index contributed by atoms with van der Waals surface area (Å²) < 4.78 is 3.53. The molecule has 0 radical (unpaired) electrons. The van der Waals surface area contributed by atoms with Gasteiger partial charge in [-0.25, -0.2) is 0 Å². The van der Waals surface area contributed by atoms with Crippen LogP contribution in [0.25, 0.3) is 11.0 Å². The summed E-state index contributed by atoms with van der Waals surface area (Å²) in [5.41, 5.74) is 2.23. The van der Waals surface area contributed by atoms with Crippen molar-refractivity contribution in [3.63, 3.8) is 0 Å². The number of para-hydroxylation sites is 1. The summed E-state index contributed by atoms with van der Waals surface area (Å²) in [4.78, 5) is 27.7. The van der Waals surface area contributed by atoms with Crippen molar-refractivity contribution in [3.05, 3.63) is 63.7 Å². The van der Waals surface area contributed by atoms with Crippen LogP contribution in [0, 0.1) is 17.2 Å². The zero-order valence-corrected chi connectivity index (χ0v) is 21.8. The van der Waals surface area contributed by atoms with Crippen LogP contribution in [0.5, 0.6) is 0 Å². The van der Waals surface area contributed by atoms with E-state index in [1.165, 1.54) is 6.42 Å². The molecular formula is C27H32Cl2N4O2. The molecule has 1 saturated carbocycles. The maximum atomic E-state index is 13.0. The lowest BCUT2D eigenvalue weighted by Crippen LogP contribution is -2.38. The number of carbonyl (C=O) groups is 2. The van der Waals surface area contributed by atoms with E-state index in [2.05, 4.69) is 6.92 Å². The number of nitrogens with one attached hydrogen (secondary N) is 1. The molecule has 0 bridgehead atoms. The van der Waals surface area contributed by atoms with Crippen molar-refractivity contribution in [1.29, 1.82) is 5.41 Å². The SMILES string of the molecule is CC1CCCCC1C(=O)N(C)CCCn1c(=N)n(CC(=O)c2ccc(Cl)cc2)c2cccc(Cl)c21. The Balaban J connectivity index is 1.51. The van der Waals surface area contributed by atoms with Gasteiger partial charge in [0.25, 0.3) is 0 Å². The number of ketones is 1. The predicted molar refractivity (Wildman–Crippen MR) is 140 cm³/mol. The standard InChI is InChI=1S/C27H32Cl2N4O2/c1-18-7-3-4-8-21(18)26(35)31(2)15-6-16-32-25-22(29)9-5-10-23(25)33(27(32)30)17-24(34)19-11-13-20(28)14-12-19/h5,9-14,18,21,30H,3-4,6-8,15-17H2,1-2H3. The van der Waals surface area contributed by atoms with Crippen LogP contribution in [-0.2, 0) is 17.9 Å². The molecule has 2 unspecified atom stereocenters. The molecule has 1 amide bonds. The molecule has 1 N–H and O–H groups in total.